The predicted octanol–water partition coefficient (Wildman–Crippen LogP) is 2.73. The summed E-state index contributed by atoms with van der Waals surface area (Å²) in [5, 5.41) is 3.00. The largest absolute Gasteiger partial charge is 0.324 e. The maximum absolute atomic E-state index is 12.1. The van der Waals surface area contributed by atoms with Crippen LogP contribution in [0.3, 0.4) is 0 Å². The Bertz CT molecular complexity index is 391. The Labute approximate surface area is 110 Å². The van der Waals surface area contributed by atoms with E-state index in [0.29, 0.717) is 0 Å². The number of hydrogen-bond donors (Lipinski definition) is 2. The zero-order valence-corrected chi connectivity index (χ0v) is 11.8. The van der Waals surface area contributed by atoms with Crippen molar-refractivity contribution in [1.82, 2.24) is 0 Å². The van der Waals surface area contributed by atoms with Gasteiger partial charge in [0.15, 0.2) is 0 Å². The molecule has 1 rings (SSSR count). The lowest BCUT2D eigenvalue weighted by atomic mass is 10.0. The van der Waals surface area contributed by atoms with Gasteiger partial charge in [0, 0.05) is 5.69 Å². The lowest BCUT2D eigenvalue weighted by Crippen LogP contribution is -2.40. The van der Waals surface area contributed by atoms with Crippen LogP contribution in [0.15, 0.2) is 18.2 Å². The van der Waals surface area contributed by atoms with Gasteiger partial charge in [0.25, 0.3) is 0 Å². The number of nitrogens with two attached hydrogens (primary N) is 1. The van der Waals surface area contributed by atoms with Crippen LogP contribution in [0.2, 0.25) is 0 Å². The maximum Gasteiger partial charge on any atom is 0.241 e. The quantitative estimate of drug-likeness (QED) is 0.841. The average Bonchev–Trinajstić information content (AvgIpc) is 2.37. The van der Waals surface area contributed by atoms with E-state index >= 15 is 0 Å². The molecule has 0 aliphatic carbocycles. The van der Waals surface area contributed by atoms with E-state index in [9.17, 15) is 4.79 Å². The third kappa shape index (κ3) is 3.33. The zero-order chi connectivity index (χ0) is 13.7. The number of carbonyl (C=O) groups excluding carboxylic acids is 1. The second-order valence-electron chi connectivity index (χ2n) is 4.92. The number of aryl methyl sites for hydroxylation is 2. The fourth-order valence-electron chi connectivity index (χ4n) is 1.91. The first-order chi connectivity index (χ1) is 8.51. The predicted molar refractivity (Wildman–Crippen MR) is 76.6 cm³/mol. The molecular formula is C15H24N2O. The van der Waals surface area contributed by atoms with Crippen molar-refractivity contribution < 1.29 is 4.79 Å². The summed E-state index contributed by atoms with van der Waals surface area (Å²) < 4.78 is 0. The summed E-state index contributed by atoms with van der Waals surface area (Å²) in [6.45, 7) is 8.09. The average molecular weight is 248 g/mol. The third-order valence-electron chi connectivity index (χ3n) is 3.27. The van der Waals surface area contributed by atoms with E-state index in [1.165, 1.54) is 11.1 Å². The molecule has 3 nitrogen and oxygen atoms in total. The van der Waals surface area contributed by atoms with Gasteiger partial charge in [0.1, 0.15) is 0 Å². The van der Waals surface area contributed by atoms with Gasteiger partial charge in [0.2, 0.25) is 5.91 Å². The molecular weight excluding hydrogens is 224 g/mol. The van der Waals surface area contributed by atoms with Crippen molar-refractivity contribution >= 4 is 11.6 Å². The zero-order valence-electron chi connectivity index (χ0n) is 11.8. The number of benzene rings is 1. The highest BCUT2D eigenvalue weighted by Crippen LogP contribution is 2.23. The molecule has 1 amide bonds. The van der Waals surface area contributed by atoms with Gasteiger partial charge in [-0.3, -0.25) is 4.79 Å². The highest BCUT2D eigenvalue weighted by atomic mass is 16.2. The van der Waals surface area contributed by atoms with E-state index < -0.39 is 6.04 Å². The highest BCUT2D eigenvalue weighted by molar-refractivity contribution is 5.96. The van der Waals surface area contributed by atoms with Crippen LogP contribution in [0.4, 0.5) is 5.69 Å². The molecule has 0 unspecified atom stereocenters. The van der Waals surface area contributed by atoms with Crippen molar-refractivity contribution in [1.29, 1.82) is 0 Å². The van der Waals surface area contributed by atoms with Gasteiger partial charge in [-0.2, -0.15) is 0 Å². The summed E-state index contributed by atoms with van der Waals surface area (Å²) in [5.41, 5.74) is 9.16. The van der Waals surface area contributed by atoms with Crippen LogP contribution in [-0.2, 0) is 17.6 Å². The second-order valence-corrected chi connectivity index (χ2v) is 4.92. The molecule has 0 saturated heterocycles. The lowest BCUT2D eigenvalue weighted by molar-refractivity contribution is -0.118. The van der Waals surface area contributed by atoms with E-state index in [2.05, 4.69) is 31.3 Å². The van der Waals surface area contributed by atoms with Crippen LogP contribution in [0.25, 0.3) is 0 Å². The maximum atomic E-state index is 12.1. The first-order valence-electron chi connectivity index (χ1n) is 6.68. The van der Waals surface area contributed by atoms with Crippen LogP contribution >= 0.6 is 0 Å². The Morgan fingerprint density at radius 2 is 1.72 bits per heavy atom. The summed E-state index contributed by atoms with van der Waals surface area (Å²) in [7, 11) is 0. The van der Waals surface area contributed by atoms with Gasteiger partial charge in [-0.15, -0.1) is 0 Å². The Morgan fingerprint density at radius 1 is 1.22 bits per heavy atom. The smallest absolute Gasteiger partial charge is 0.241 e. The minimum absolute atomic E-state index is 0.0967. The van der Waals surface area contributed by atoms with Crippen molar-refractivity contribution in [2.24, 2.45) is 11.7 Å². The van der Waals surface area contributed by atoms with Gasteiger partial charge in [-0.1, -0.05) is 45.9 Å². The molecule has 1 aromatic rings. The fraction of sp³-hybridized carbons (Fsp3) is 0.533. The molecule has 0 saturated carbocycles. The number of hydrogen-bond acceptors (Lipinski definition) is 2. The summed E-state index contributed by atoms with van der Waals surface area (Å²) >= 11 is 0. The molecule has 18 heavy (non-hydrogen) atoms. The number of anilines is 1. The molecule has 3 heteroatoms. The number of rotatable bonds is 5. The van der Waals surface area contributed by atoms with E-state index in [4.69, 9.17) is 5.73 Å². The number of carbonyl (C=O) groups is 1. The van der Waals surface area contributed by atoms with Crippen molar-refractivity contribution in [3.8, 4) is 0 Å². The van der Waals surface area contributed by atoms with E-state index in [-0.39, 0.29) is 11.8 Å². The van der Waals surface area contributed by atoms with Crippen LogP contribution in [0.5, 0.6) is 0 Å². The van der Waals surface area contributed by atoms with Gasteiger partial charge >= 0.3 is 0 Å². The fourth-order valence-corrected chi connectivity index (χ4v) is 1.91. The molecule has 0 heterocycles. The van der Waals surface area contributed by atoms with Crippen molar-refractivity contribution in [2.45, 2.75) is 46.6 Å². The Kier molecular flexibility index (Phi) is 5.35. The van der Waals surface area contributed by atoms with Crippen molar-refractivity contribution in [2.75, 3.05) is 5.32 Å². The molecule has 0 fully saturated rings. The molecule has 0 aliphatic rings. The summed E-state index contributed by atoms with van der Waals surface area (Å²) in [6.07, 6.45) is 1.81. The van der Waals surface area contributed by atoms with Gasteiger partial charge in [-0.25, -0.2) is 0 Å². The van der Waals surface area contributed by atoms with Crippen molar-refractivity contribution in [3.05, 3.63) is 29.3 Å². The van der Waals surface area contributed by atoms with Gasteiger partial charge in [0.05, 0.1) is 6.04 Å². The minimum Gasteiger partial charge on any atom is -0.324 e. The van der Waals surface area contributed by atoms with E-state index in [1.807, 2.05) is 19.9 Å². The number of para-hydroxylation sites is 1. The van der Waals surface area contributed by atoms with Crippen LogP contribution in [0.1, 0.15) is 38.8 Å². The second kappa shape index (κ2) is 6.55. The molecule has 0 radical (unpaired) electrons. The van der Waals surface area contributed by atoms with Crippen molar-refractivity contribution in [3.63, 3.8) is 0 Å². The normalized spacial score (nSPS) is 12.6. The van der Waals surface area contributed by atoms with Crippen LogP contribution in [-0.4, -0.2) is 11.9 Å². The third-order valence-corrected chi connectivity index (χ3v) is 3.27. The molecule has 0 spiro atoms. The lowest BCUT2D eigenvalue weighted by Gasteiger charge is -2.19. The first kappa shape index (κ1) is 14.7. The number of amides is 1. The van der Waals surface area contributed by atoms with E-state index in [1.54, 1.807) is 0 Å². The summed E-state index contributed by atoms with van der Waals surface area (Å²) in [4.78, 5) is 12.1. The summed E-state index contributed by atoms with van der Waals surface area (Å²) in [6, 6.07) is 5.68. The Morgan fingerprint density at radius 3 is 2.11 bits per heavy atom. The van der Waals surface area contributed by atoms with Gasteiger partial charge in [-0.05, 0) is 29.9 Å². The topological polar surface area (TPSA) is 55.1 Å². The molecule has 1 atom stereocenters. The summed E-state index contributed by atoms with van der Waals surface area (Å²) in [5.74, 6) is 0.0458. The molecule has 0 aliphatic heterocycles. The van der Waals surface area contributed by atoms with Gasteiger partial charge < -0.3 is 11.1 Å². The van der Waals surface area contributed by atoms with Crippen LogP contribution in [0, 0.1) is 5.92 Å². The number of nitrogens with one attached hydrogen (secondary N) is 1. The molecule has 0 aromatic heterocycles. The van der Waals surface area contributed by atoms with Crippen LogP contribution < -0.4 is 11.1 Å². The molecule has 100 valence electrons. The highest BCUT2D eigenvalue weighted by Gasteiger charge is 2.19. The molecule has 3 N–H and O–H groups in total. The SMILES string of the molecule is CCc1cccc(CC)c1NC(=O)[C@H](N)C(C)C. The molecule has 1 aromatic carbocycles. The standard InChI is InChI=1S/C15H24N2O/c1-5-11-8-7-9-12(6-2)14(11)17-15(18)13(16)10(3)4/h7-10,13H,5-6,16H2,1-4H3,(H,17,18)/t13-/m1/s1. The van der Waals surface area contributed by atoms with E-state index in [0.717, 1.165) is 18.5 Å². The monoisotopic (exact) mass is 248 g/mol. The Hall–Kier alpha value is -1.35. The first-order valence-corrected chi connectivity index (χ1v) is 6.68. The Balaban J connectivity index is 2.99. The molecule has 0 bridgehead atoms. The minimum atomic E-state index is -0.459.